The van der Waals surface area contributed by atoms with Gasteiger partial charge in [0.15, 0.2) is 0 Å². The van der Waals surface area contributed by atoms with Crippen LogP contribution in [0, 0.1) is 0 Å². The summed E-state index contributed by atoms with van der Waals surface area (Å²) in [7, 11) is 0. The quantitative estimate of drug-likeness (QED) is 0.492. The van der Waals surface area contributed by atoms with Gasteiger partial charge >= 0.3 is 5.97 Å². The van der Waals surface area contributed by atoms with E-state index in [4.69, 9.17) is 16.3 Å². The van der Waals surface area contributed by atoms with Gasteiger partial charge in [-0.25, -0.2) is 10.6 Å². The van der Waals surface area contributed by atoms with Crippen LogP contribution in [0.15, 0.2) is 84.2 Å². The molecule has 0 amide bonds. The molecule has 1 aliphatic rings. The maximum absolute atomic E-state index is 12.3. The molecule has 0 aromatic heterocycles. The smallest absolute Gasteiger partial charge is 0.338 e. The van der Waals surface area contributed by atoms with Crippen molar-refractivity contribution in [1.82, 2.24) is 5.01 Å². The summed E-state index contributed by atoms with van der Waals surface area (Å²) in [5, 5.41) is 1.58. The lowest BCUT2D eigenvalue weighted by molar-refractivity contribution is 0.0340. The molecule has 1 aliphatic carbocycles. The number of carbonyl (C=O) groups is 1. The average Bonchev–Trinajstić information content (AvgIpc) is 2.65. The maximum atomic E-state index is 12.3. The minimum atomic E-state index is -0.509. The SMILES string of the molecule is C=C1CCC(OC(=O)c2ccccc2)C(N)=C1N(N)Cc1ccccc1. The number of allylic oxidation sites excluding steroid dienone is 1. The molecule has 1 atom stereocenters. The van der Waals surface area contributed by atoms with Crippen LogP contribution in [-0.2, 0) is 11.3 Å². The van der Waals surface area contributed by atoms with Gasteiger partial charge in [-0.15, -0.1) is 0 Å². The van der Waals surface area contributed by atoms with E-state index in [-0.39, 0.29) is 0 Å². The van der Waals surface area contributed by atoms with Crippen molar-refractivity contribution >= 4 is 5.97 Å². The Bertz CT molecular complexity index is 816. The molecule has 0 spiro atoms. The number of nitrogens with zero attached hydrogens (tertiary/aromatic N) is 1. The molecule has 0 radical (unpaired) electrons. The van der Waals surface area contributed by atoms with Crippen molar-refractivity contribution in [3.63, 3.8) is 0 Å². The Morgan fingerprint density at radius 3 is 2.38 bits per heavy atom. The third-order valence-corrected chi connectivity index (χ3v) is 4.41. The van der Waals surface area contributed by atoms with Crippen LogP contribution in [0.3, 0.4) is 0 Å². The topological polar surface area (TPSA) is 81.6 Å². The first-order valence-electron chi connectivity index (χ1n) is 8.56. The minimum Gasteiger partial charge on any atom is -0.452 e. The van der Waals surface area contributed by atoms with E-state index in [0.29, 0.717) is 36.3 Å². The molecule has 0 saturated heterocycles. The van der Waals surface area contributed by atoms with Gasteiger partial charge in [0, 0.05) is 0 Å². The molecule has 0 saturated carbocycles. The second-order valence-electron chi connectivity index (χ2n) is 6.32. The highest BCUT2D eigenvalue weighted by atomic mass is 16.5. The summed E-state index contributed by atoms with van der Waals surface area (Å²) < 4.78 is 5.62. The molecule has 26 heavy (non-hydrogen) atoms. The molecule has 2 aromatic carbocycles. The fraction of sp³-hybridized carbons (Fsp3) is 0.190. The Hall–Kier alpha value is -3.05. The zero-order chi connectivity index (χ0) is 18.5. The Morgan fingerprint density at radius 1 is 1.12 bits per heavy atom. The summed E-state index contributed by atoms with van der Waals surface area (Å²) in [4.78, 5) is 12.3. The highest BCUT2D eigenvalue weighted by Gasteiger charge is 2.29. The molecule has 134 valence electrons. The predicted octanol–water partition coefficient (Wildman–Crippen LogP) is 3.11. The number of hydrogen-bond acceptors (Lipinski definition) is 5. The van der Waals surface area contributed by atoms with Gasteiger partial charge in [-0.05, 0) is 36.1 Å². The first-order valence-corrected chi connectivity index (χ1v) is 8.56. The Balaban J connectivity index is 1.78. The van der Waals surface area contributed by atoms with E-state index in [1.165, 1.54) is 0 Å². The predicted molar refractivity (Wildman–Crippen MR) is 101 cm³/mol. The number of benzene rings is 2. The molecule has 3 rings (SSSR count). The van der Waals surface area contributed by atoms with E-state index in [1.807, 2.05) is 36.4 Å². The number of hydrazine groups is 1. The first-order chi connectivity index (χ1) is 12.6. The molecule has 4 N–H and O–H groups in total. The number of rotatable bonds is 5. The van der Waals surface area contributed by atoms with Gasteiger partial charge in [0.1, 0.15) is 6.10 Å². The molecule has 2 aromatic rings. The maximum Gasteiger partial charge on any atom is 0.338 e. The second-order valence-corrected chi connectivity index (χ2v) is 6.32. The van der Waals surface area contributed by atoms with Crippen LogP contribution >= 0.6 is 0 Å². The first kappa shape index (κ1) is 17.8. The van der Waals surface area contributed by atoms with E-state index in [1.54, 1.807) is 29.3 Å². The lowest BCUT2D eigenvalue weighted by Crippen LogP contribution is -2.39. The van der Waals surface area contributed by atoms with Crippen LogP contribution < -0.4 is 11.6 Å². The minimum absolute atomic E-state index is 0.392. The van der Waals surface area contributed by atoms with E-state index < -0.39 is 12.1 Å². The van der Waals surface area contributed by atoms with Crippen LogP contribution in [0.1, 0.15) is 28.8 Å². The molecule has 5 heteroatoms. The van der Waals surface area contributed by atoms with Gasteiger partial charge in [-0.1, -0.05) is 55.1 Å². The van der Waals surface area contributed by atoms with Crippen molar-refractivity contribution in [2.24, 2.45) is 11.6 Å². The van der Waals surface area contributed by atoms with E-state index in [9.17, 15) is 4.79 Å². The zero-order valence-corrected chi connectivity index (χ0v) is 14.6. The van der Waals surface area contributed by atoms with Gasteiger partial charge in [0.05, 0.1) is 23.5 Å². The van der Waals surface area contributed by atoms with Crippen LogP contribution in [0.4, 0.5) is 0 Å². The van der Waals surface area contributed by atoms with Gasteiger partial charge < -0.3 is 15.5 Å². The summed E-state index contributed by atoms with van der Waals surface area (Å²) in [6, 6.07) is 18.7. The monoisotopic (exact) mass is 349 g/mol. The lowest BCUT2D eigenvalue weighted by atomic mass is 9.94. The van der Waals surface area contributed by atoms with Crippen molar-refractivity contribution in [2.75, 3.05) is 0 Å². The van der Waals surface area contributed by atoms with Crippen molar-refractivity contribution in [3.05, 3.63) is 95.3 Å². The fourth-order valence-electron chi connectivity index (χ4n) is 3.06. The largest absolute Gasteiger partial charge is 0.452 e. The van der Waals surface area contributed by atoms with Gasteiger partial charge in [-0.3, -0.25) is 0 Å². The molecule has 0 heterocycles. The summed E-state index contributed by atoms with van der Waals surface area (Å²) >= 11 is 0. The molecule has 0 fully saturated rings. The van der Waals surface area contributed by atoms with Gasteiger partial charge in [0.25, 0.3) is 0 Å². The number of nitrogens with two attached hydrogens (primary N) is 2. The van der Waals surface area contributed by atoms with Crippen LogP contribution in [0.5, 0.6) is 0 Å². The Morgan fingerprint density at radius 2 is 1.73 bits per heavy atom. The van der Waals surface area contributed by atoms with Crippen molar-refractivity contribution in [1.29, 1.82) is 0 Å². The lowest BCUT2D eigenvalue weighted by Gasteiger charge is -2.32. The van der Waals surface area contributed by atoms with Crippen molar-refractivity contribution in [2.45, 2.75) is 25.5 Å². The molecular weight excluding hydrogens is 326 g/mol. The highest BCUT2D eigenvalue weighted by Crippen LogP contribution is 2.30. The van der Waals surface area contributed by atoms with Crippen LogP contribution in [-0.4, -0.2) is 17.1 Å². The molecule has 1 unspecified atom stereocenters. The number of esters is 1. The molecule has 0 aliphatic heterocycles. The third kappa shape index (κ3) is 3.95. The summed E-state index contributed by atoms with van der Waals surface area (Å²) in [5.74, 6) is 5.87. The normalized spacial score (nSPS) is 17.1. The molecule has 0 bridgehead atoms. The Kier molecular flexibility index (Phi) is 5.39. The van der Waals surface area contributed by atoms with E-state index in [0.717, 1.165) is 11.1 Å². The number of carbonyl (C=O) groups excluding carboxylic acids is 1. The third-order valence-electron chi connectivity index (χ3n) is 4.41. The zero-order valence-electron chi connectivity index (χ0n) is 14.6. The van der Waals surface area contributed by atoms with Crippen LogP contribution in [0.25, 0.3) is 0 Å². The summed E-state index contributed by atoms with van der Waals surface area (Å²) in [6.07, 6.45) is 0.766. The van der Waals surface area contributed by atoms with Crippen molar-refractivity contribution < 1.29 is 9.53 Å². The summed E-state index contributed by atoms with van der Waals surface area (Å²) in [6.45, 7) is 4.58. The van der Waals surface area contributed by atoms with E-state index in [2.05, 4.69) is 6.58 Å². The van der Waals surface area contributed by atoms with E-state index >= 15 is 0 Å². The molecule has 5 nitrogen and oxygen atoms in total. The summed E-state index contributed by atoms with van der Waals surface area (Å²) in [5.41, 5.74) is 9.84. The van der Waals surface area contributed by atoms with Crippen LogP contribution in [0.2, 0.25) is 0 Å². The fourth-order valence-corrected chi connectivity index (χ4v) is 3.06. The second kappa shape index (κ2) is 7.89. The molecular formula is C21H23N3O2. The average molecular weight is 349 g/mol. The standard InChI is InChI=1S/C21H23N3O2/c1-15-12-13-18(26-21(25)17-10-6-3-7-11-17)19(22)20(15)24(23)14-16-8-4-2-5-9-16/h2-11,18H,1,12-14,22-23H2. The number of hydrogen-bond donors (Lipinski definition) is 2. The Labute approximate surface area is 153 Å². The van der Waals surface area contributed by atoms with Gasteiger partial charge in [-0.2, -0.15) is 0 Å². The van der Waals surface area contributed by atoms with Crippen molar-refractivity contribution in [3.8, 4) is 0 Å². The number of ether oxygens (including phenoxy) is 1. The highest BCUT2D eigenvalue weighted by molar-refractivity contribution is 5.89. The van der Waals surface area contributed by atoms with Gasteiger partial charge in [0.2, 0.25) is 0 Å².